The van der Waals surface area contributed by atoms with Crippen molar-refractivity contribution in [2.45, 2.75) is 27.2 Å². The van der Waals surface area contributed by atoms with Gasteiger partial charge in [-0.1, -0.05) is 19.1 Å². The van der Waals surface area contributed by atoms with E-state index in [1.54, 1.807) is 0 Å². The van der Waals surface area contributed by atoms with Crippen molar-refractivity contribution in [2.24, 2.45) is 0 Å². The monoisotopic (exact) mass is 209 g/mol. The standard InChI is InChI=1S/C12H19NO2/c1-4-11-7-9-12(10-8-11)13(14-5-2)15-6-3/h7-10H,4-6H2,1-3H3. The quantitative estimate of drug-likeness (QED) is 0.672. The molecule has 1 aromatic carbocycles. The van der Waals surface area contributed by atoms with Crippen molar-refractivity contribution in [1.29, 1.82) is 0 Å². The smallest absolute Gasteiger partial charge is 0.0947 e. The first-order chi connectivity index (χ1) is 7.31. The number of anilines is 1. The number of hydrogen-bond acceptors (Lipinski definition) is 3. The third kappa shape index (κ3) is 3.53. The molecule has 0 aliphatic carbocycles. The van der Waals surface area contributed by atoms with Gasteiger partial charge in [0.25, 0.3) is 0 Å². The third-order valence-corrected chi connectivity index (χ3v) is 2.05. The van der Waals surface area contributed by atoms with Gasteiger partial charge < -0.3 is 0 Å². The van der Waals surface area contributed by atoms with Gasteiger partial charge >= 0.3 is 0 Å². The lowest BCUT2D eigenvalue weighted by molar-refractivity contribution is -0.0817. The molecule has 0 aliphatic rings. The second kappa shape index (κ2) is 6.43. The zero-order valence-corrected chi connectivity index (χ0v) is 9.69. The van der Waals surface area contributed by atoms with Gasteiger partial charge in [0.1, 0.15) is 0 Å². The maximum absolute atomic E-state index is 5.35. The Hall–Kier alpha value is -1.06. The summed E-state index contributed by atoms with van der Waals surface area (Å²) in [6, 6.07) is 8.18. The Bertz CT molecular complexity index is 265. The minimum atomic E-state index is 0.593. The zero-order valence-electron chi connectivity index (χ0n) is 9.69. The number of nitrogens with zero attached hydrogens (tertiary/aromatic N) is 1. The predicted octanol–water partition coefficient (Wildman–Crippen LogP) is 2.96. The van der Waals surface area contributed by atoms with E-state index in [-0.39, 0.29) is 0 Å². The Balaban J connectivity index is 2.72. The van der Waals surface area contributed by atoms with Gasteiger partial charge in [-0.15, -0.1) is 5.23 Å². The van der Waals surface area contributed by atoms with Crippen molar-refractivity contribution >= 4 is 5.69 Å². The van der Waals surface area contributed by atoms with E-state index in [4.69, 9.17) is 9.68 Å². The van der Waals surface area contributed by atoms with E-state index in [2.05, 4.69) is 19.1 Å². The number of rotatable bonds is 6. The summed E-state index contributed by atoms with van der Waals surface area (Å²) in [6.45, 7) is 7.20. The van der Waals surface area contributed by atoms with Crippen LogP contribution in [0, 0.1) is 0 Å². The molecular weight excluding hydrogens is 190 g/mol. The first-order valence-corrected chi connectivity index (χ1v) is 5.46. The third-order valence-electron chi connectivity index (χ3n) is 2.05. The van der Waals surface area contributed by atoms with Gasteiger partial charge in [0.05, 0.1) is 18.9 Å². The van der Waals surface area contributed by atoms with E-state index in [0.29, 0.717) is 13.2 Å². The summed E-state index contributed by atoms with van der Waals surface area (Å²) in [7, 11) is 0. The van der Waals surface area contributed by atoms with Crippen molar-refractivity contribution in [3.05, 3.63) is 29.8 Å². The van der Waals surface area contributed by atoms with E-state index >= 15 is 0 Å². The van der Waals surface area contributed by atoms with E-state index in [0.717, 1.165) is 12.1 Å². The highest BCUT2D eigenvalue weighted by Crippen LogP contribution is 2.16. The summed E-state index contributed by atoms with van der Waals surface area (Å²) in [5, 5.41) is 1.47. The molecule has 0 unspecified atom stereocenters. The van der Waals surface area contributed by atoms with Crippen molar-refractivity contribution in [3.63, 3.8) is 0 Å². The fourth-order valence-electron chi connectivity index (χ4n) is 1.27. The predicted molar refractivity (Wildman–Crippen MR) is 61.6 cm³/mol. The van der Waals surface area contributed by atoms with Crippen LogP contribution >= 0.6 is 0 Å². The number of hydrogen-bond donors (Lipinski definition) is 0. The summed E-state index contributed by atoms with van der Waals surface area (Å²) in [5.41, 5.74) is 2.24. The molecule has 0 N–H and O–H groups in total. The van der Waals surface area contributed by atoms with Gasteiger partial charge in [0.15, 0.2) is 0 Å². The molecule has 0 fully saturated rings. The molecule has 0 bridgehead atoms. The lowest BCUT2D eigenvalue weighted by atomic mass is 10.2. The van der Waals surface area contributed by atoms with E-state index in [1.807, 2.05) is 26.0 Å². The summed E-state index contributed by atoms with van der Waals surface area (Å²) in [6.07, 6.45) is 1.05. The van der Waals surface area contributed by atoms with Gasteiger partial charge in [0, 0.05) is 0 Å². The topological polar surface area (TPSA) is 21.7 Å². The molecule has 1 aromatic rings. The van der Waals surface area contributed by atoms with Crippen LogP contribution in [0.4, 0.5) is 5.69 Å². The highest BCUT2D eigenvalue weighted by Gasteiger charge is 2.05. The maximum atomic E-state index is 5.35. The van der Waals surface area contributed by atoms with Crippen LogP contribution < -0.4 is 5.23 Å². The minimum Gasteiger partial charge on any atom is -0.249 e. The van der Waals surface area contributed by atoms with Crippen LogP contribution in [-0.4, -0.2) is 13.2 Å². The molecule has 0 aromatic heterocycles. The Labute approximate surface area is 91.5 Å². The maximum Gasteiger partial charge on any atom is 0.0947 e. The zero-order chi connectivity index (χ0) is 11.1. The largest absolute Gasteiger partial charge is 0.249 e. The van der Waals surface area contributed by atoms with E-state index < -0.39 is 0 Å². The molecule has 1 rings (SSSR count). The van der Waals surface area contributed by atoms with Crippen molar-refractivity contribution in [1.82, 2.24) is 0 Å². The molecule has 15 heavy (non-hydrogen) atoms. The van der Waals surface area contributed by atoms with Crippen molar-refractivity contribution in [3.8, 4) is 0 Å². The Morgan fingerprint density at radius 1 is 0.933 bits per heavy atom. The molecule has 0 radical (unpaired) electrons. The van der Waals surface area contributed by atoms with Crippen LogP contribution in [0.3, 0.4) is 0 Å². The lowest BCUT2D eigenvalue weighted by Crippen LogP contribution is -2.23. The summed E-state index contributed by atoms with van der Waals surface area (Å²) < 4.78 is 0. The first kappa shape index (κ1) is 12.0. The van der Waals surface area contributed by atoms with Gasteiger partial charge in [-0.05, 0) is 38.0 Å². The summed E-state index contributed by atoms with van der Waals surface area (Å²) >= 11 is 0. The second-order valence-electron chi connectivity index (χ2n) is 3.11. The SMILES string of the molecule is CCON(OCC)c1ccc(CC)cc1. The fourth-order valence-corrected chi connectivity index (χ4v) is 1.27. The van der Waals surface area contributed by atoms with Crippen LogP contribution in [0.2, 0.25) is 0 Å². The highest BCUT2D eigenvalue weighted by molar-refractivity contribution is 5.43. The summed E-state index contributed by atoms with van der Waals surface area (Å²) in [4.78, 5) is 10.7. The minimum absolute atomic E-state index is 0.593. The average Bonchev–Trinajstić information content (AvgIpc) is 2.29. The molecule has 3 heteroatoms. The van der Waals surface area contributed by atoms with Crippen LogP contribution in [-0.2, 0) is 16.1 Å². The van der Waals surface area contributed by atoms with Crippen molar-refractivity contribution < 1.29 is 9.68 Å². The molecule has 0 spiro atoms. The number of benzene rings is 1. The fraction of sp³-hybridized carbons (Fsp3) is 0.500. The molecule has 0 heterocycles. The normalized spacial score (nSPS) is 10.3. The van der Waals surface area contributed by atoms with E-state index in [1.165, 1.54) is 10.8 Å². The van der Waals surface area contributed by atoms with Crippen LogP contribution in [0.1, 0.15) is 26.3 Å². The average molecular weight is 209 g/mol. The van der Waals surface area contributed by atoms with Gasteiger partial charge in [-0.2, -0.15) is 0 Å². The van der Waals surface area contributed by atoms with Crippen LogP contribution in [0.25, 0.3) is 0 Å². The van der Waals surface area contributed by atoms with Gasteiger partial charge in [-0.3, -0.25) is 0 Å². The molecule has 0 saturated heterocycles. The molecule has 0 aliphatic heterocycles. The second-order valence-corrected chi connectivity index (χ2v) is 3.11. The van der Waals surface area contributed by atoms with Gasteiger partial charge in [0.2, 0.25) is 0 Å². The molecule has 3 nitrogen and oxygen atoms in total. The Morgan fingerprint density at radius 3 is 1.87 bits per heavy atom. The Morgan fingerprint density at radius 2 is 1.47 bits per heavy atom. The molecule has 0 amide bonds. The molecular formula is C12H19NO2. The van der Waals surface area contributed by atoms with Crippen LogP contribution in [0.5, 0.6) is 0 Å². The summed E-state index contributed by atoms with van der Waals surface area (Å²) in [5.74, 6) is 0. The molecule has 84 valence electrons. The Kier molecular flexibility index (Phi) is 5.15. The van der Waals surface area contributed by atoms with Gasteiger partial charge in [-0.25, -0.2) is 9.68 Å². The van der Waals surface area contributed by atoms with Crippen molar-refractivity contribution in [2.75, 3.05) is 18.4 Å². The number of aryl methyl sites for hydroxylation is 1. The molecule has 0 saturated carbocycles. The lowest BCUT2D eigenvalue weighted by Gasteiger charge is -2.21. The highest BCUT2D eigenvalue weighted by atomic mass is 16.9. The first-order valence-electron chi connectivity index (χ1n) is 5.46. The van der Waals surface area contributed by atoms with Crippen LogP contribution in [0.15, 0.2) is 24.3 Å². The van der Waals surface area contributed by atoms with E-state index in [9.17, 15) is 0 Å². The molecule has 0 atom stereocenters.